The number of carbonyl (C=O) groups excluding carboxylic acids is 1. The van der Waals surface area contributed by atoms with Gasteiger partial charge < -0.3 is 4.74 Å². The molecule has 0 fully saturated rings. The van der Waals surface area contributed by atoms with E-state index in [1.54, 1.807) is 0 Å². The monoisotopic (exact) mass is 263 g/mol. The molecule has 0 rings (SSSR count). The minimum Gasteiger partial charge on any atom is -0.469 e. The molecule has 0 saturated heterocycles. The van der Waals surface area contributed by atoms with E-state index in [-0.39, 0.29) is 5.97 Å². The number of rotatable bonds is 6. The van der Waals surface area contributed by atoms with E-state index >= 15 is 0 Å². The molecule has 3 nitrogen and oxygen atoms in total. The molecule has 0 aromatic rings. The van der Waals surface area contributed by atoms with E-state index in [1.165, 1.54) is 7.11 Å². The van der Waals surface area contributed by atoms with Crippen molar-refractivity contribution >= 4 is 21.9 Å². The minimum atomic E-state index is -0.171. The lowest BCUT2D eigenvalue weighted by molar-refractivity contribution is -0.141. The zero-order chi connectivity index (χ0) is 11.1. The SMILES string of the molecule is C=C(Br)CN(CCC(=O)OC)C(C)C. The number of nitrogens with zero attached hydrogens (tertiary/aromatic N) is 1. The first-order valence-electron chi connectivity index (χ1n) is 4.61. The highest BCUT2D eigenvalue weighted by atomic mass is 79.9. The third kappa shape index (κ3) is 6.16. The Bertz CT molecular complexity index is 204. The van der Waals surface area contributed by atoms with Gasteiger partial charge in [-0.25, -0.2) is 0 Å². The third-order valence-corrected chi connectivity index (χ3v) is 2.19. The molecule has 4 heteroatoms. The number of esters is 1. The van der Waals surface area contributed by atoms with Gasteiger partial charge in [0.1, 0.15) is 0 Å². The van der Waals surface area contributed by atoms with Crippen LogP contribution >= 0.6 is 15.9 Å². The Morgan fingerprint density at radius 3 is 2.50 bits per heavy atom. The second-order valence-corrected chi connectivity index (χ2v) is 4.53. The van der Waals surface area contributed by atoms with Crippen LogP contribution in [0.1, 0.15) is 20.3 Å². The summed E-state index contributed by atoms with van der Waals surface area (Å²) >= 11 is 3.32. The van der Waals surface area contributed by atoms with Crippen LogP contribution < -0.4 is 0 Å². The first-order valence-corrected chi connectivity index (χ1v) is 5.40. The minimum absolute atomic E-state index is 0.171. The van der Waals surface area contributed by atoms with Gasteiger partial charge in [-0.2, -0.15) is 0 Å². The molecule has 14 heavy (non-hydrogen) atoms. The lowest BCUT2D eigenvalue weighted by atomic mass is 10.3. The molecule has 0 heterocycles. The Labute approximate surface area is 94.2 Å². The normalized spacial score (nSPS) is 10.7. The van der Waals surface area contributed by atoms with Gasteiger partial charge in [0.15, 0.2) is 0 Å². The molecule has 0 atom stereocenters. The quantitative estimate of drug-likeness (QED) is 0.688. The lowest BCUT2D eigenvalue weighted by Crippen LogP contribution is -2.34. The summed E-state index contributed by atoms with van der Waals surface area (Å²) in [5, 5.41) is 0. The summed E-state index contributed by atoms with van der Waals surface area (Å²) in [5.74, 6) is -0.171. The van der Waals surface area contributed by atoms with Gasteiger partial charge >= 0.3 is 5.97 Å². The van der Waals surface area contributed by atoms with Crippen molar-refractivity contribution in [3.05, 3.63) is 11.1 Å². The molecule has 0 unspecified atom stereocenters. The molecule has 0 spiro atoms. The molecule has 0 radical (unpaired) electrons. The number of carbonyl (C=O) groups is 1. The first-order chi connectivity index (χ1) is 6.47. The van der Waals surface area contributed by atoms with Crippen LogP contribution in [0.4, 0.5) is 0 Å². The highest BCUT2D eigenvalue weighted by Crippen LogP contribution is 2.08. The molecule has 0 saturated carbocycles. The van der Waals surface area contributed by atoms with Crippen molar-refractivity contribution in [3.8, 4) is 0 Å². The fraction of sp³-hybridized carbons (Fsp3) is 0.700. The predicted molar refractivity (Wildman–Crippen MR) is 61.4 cm³/mol. The van der Waals surface area contributed by atoms with Gasteiger partial charge in [-0.1, -0.05) is 22.5 Å². The van der Waals surface area contributed by atoms with E-state index in [9.17, 15) is 4.79 Å². The molecule has 0 N–H and O–H groups in total. The van der Waals surface area contributed by atoms with E-state index in [0.29, 0.717) is 19.0 Å². The third-order valence-electron chi connectivity index (χ3n) is 1.94. The zero-order valence-electron chi connectivity index (χ0n) is 9.05. The van der Waals surface area contributed by atoms with Crippen LogP contribution in [0.15, 0.2) is 11.1 Å². The average Bonchev–Trinajstić information content (AvgIpc) is 2.10. The van der Waals surface area contributed by atoms with Crippen molar-refractivity contribution in [1.29, 1.82) is 0 Å². The van der Waals surface area contributed by atoms with Gasteiger partial charge in [-0.05, 0) is 13.8 Å². The summed E-state index contributed by atoms with van der Waals surface area (Å²) < 4.78 is 5.51. The summed E-state index contributed by atoms with van der Waals surface area (Å²) in [5.41, 5.74) is 0. The molecule has 0 bridgehead atoms. The maximum absolute atomic E-state index is 10.9. The summed E-state index contributed by atoms with van der Waals surface area (Å²) in [7, 11) is 1.41. The Balaban J connectivity index is 3.97. The number of halogens is 1. The van der Waals surface area contributed by atoms with E-state index in [4.69, 9.17) is 0 Å². The van der Waals surface area contributed by atoms with Crippen molar-refractivity contribution in [3.63, 3.8) is 0 Å². The second-order valence-electron chi connectivity index (χ2n) is 3.41. The Kier molecular flexibility index (Phi) is 6.83. The molecule has 0 aliphatic rings. The van der Waals surface area contributed by atoms with Crippen LogP contribution in [0.25, 0.3) is 0 Å². The predicted octanol–water partition coefficient (Wildman–Crippen LogP) is 2.17. The van der Waals surface area contributed by atoms with Crippen molar-refractivity contribution in [2.75, 3.05) is 20.2 Å². The second kappa shape index (κ2) is 7.01. The summed E-state index contributed by atoms with van der Waals surface area (Å²) in [4.78, 5) is 13.1. The molecule has 0 aromatic carbocycles. The molecule has 0 aromatic heterocycles. The summed E-state index contributed by atoms with van der Waals surface area (Å²) in [6.07, 6.45) is 0.426. The van der Waals surface area contributed by atoms with Crippen LogP contribution in [0.5, 0.6) is 0 Å². The maximum atomic E-state index is 10.9. The van der Waals surface area contributed by atoms with Crippen molar-refractivity contribution in [2.24, 2.45) is 0 Å². The Hall–Kier alpha value is -0.350. The Morgan fingerprint density at radius 1 is 1.57 bits per heavy atom. The topological polar surface area (TPSA) is 29.5 Å². The summed E-state index contributed by atoms with van der Waals surface area (Å²) in [6.45, 7) is 9.43. The van der Waals surface area contributed by atoms with E-state index in [1.807, 2.05) is 0 Å². The highest BCUT2D eigenvalue weighted by molar-refractivity contribution is 9.11. The first kappa shape index (κ1) is 13.7. The zero-order valence-corrected chi connectivity index (χ0v) is 10.6. The fourth-order valence-electron chi connectivity index (χ4n) is 1.08. The van der Waals surface area contributed by atoms with Crippen molar-refractivity contribution in [2.45, 2.75) is 26.3 Å². The maximum Gasteiger partial charge on any atom is 0.306 e. The van der Waals surface area contributed by atoms with Crippen molar-refractivity contribution < 1.29 is 9.53 Å². The van der Waals surface area contributed by atoms with E-state index < -0.39 is 0 Å². The standard InChI is InChI=1S/C10H18BrNO2/c1-8(2)12(7-9(3)11)6-5-10(13)14-4/h8H,3,5-7H2,1-2,4H3. The molecule has 0 aliphatic carbocycles. The van der Waals surface area contributed by atoms with Gasteiger partial charge in [0.2, 0.25) is 0 Å². The molecule has 0 amide bonds. The van der Waals surface area contributed by atoms with Gasteiger partial charge in [0, 0.05) is 23.6 Å². The average molecular weight is 264 g/mol. The van der Waals surface area contributed by atoms with Gasteiger partial charge in [0.05, 0.1) is 13.5 Å². The van der Waals surface area contributed by atoms with Gasteiger partial charge in [0.25, 0.3) is 0 Å². The van der Waals surface area contributed by atoms with E-state index in [2.05, 4.69) is 46.0 Å². The fourth-order valence-corrected chi connectivity index (χ4v) is 1.40. The van der Waals surface area contributed by atoms with Crippen LogP contribution in [0.3, 0.4) is 0 Å². The smallest absolute Gasteiger partial charge is 0.306 e. The van der Waals surface area contributed by atoms with Gasteiger partial charge in [-0.3, -0.25) is 9.69 Å². The van der Waals surface area contributed by atoms with Crippen LogP contribution in [-0.2, 0) is 9.53 Å². The number of hydrogen-bond donors (Lipinski definition) is 0. The molecule has 82 valence electrons. The van der Waals surface area contributed by atoms with Crippen LogP contribution in [0, 0.1) is 0 Å². The molecular weight excluding hydrogens is 246 g/mol. The number of ether oxygens (including phenoxy) is 1. The molecular formula is C10H18BrNO2. The van der Waals surface area contributed by atoms with E-state index in [0.717, 1.165) is 11.0 Å². The number of hydrogen-bond acceptors (Lipinski definition) is 3. The molecule has 0 aliphatic heterocycles. The largest absolute Gasteiger partial charge is 0.469 e. The summed E-state index contributed by atoms with van der Waals surface area (Å²) in [6, 6.07) is 0.397. The van der Waals surface area contributed by atoms with Crippen molar-refractivity contribution in [1.82, 2.24) is 4.90 Å². The van der Waals surface area contributed by atoms with Crippen LogP contribution in [0.2, 0.25) is 0 Å². The van der Waals surface area contributed by atoms with Crippen LogP contribution in [-0.4, -0.2) is 37.1 Å². The van der Waals surface area contributed by atoms with Gasteiger partial charge in [-0.15, -0.1) is 0 Å². The lowest BCUT2D eigenvalue weighted by Gasteiger charge is -2.25. The number of methoxy groups -OCH3 is 1. The highest BCUT2D eigenvalue weighted by Gasteiger charge is 2.11. The Morgan fingerprint density at radius 2 is 2.14 bits per heavy atom.